The molecule has 1 aliphatic rings. The second-order valence-corrected chi connectivity index (χ2v) is 5.03. The zero-order chi connectivity index (χ0) is 13.7. The van der Waals surface area contributed by atoms with Crippen molar-refractivity contribution in [3.63, 3.8) is 0 Å². The van der Waals surface area contributed by atoms with E-state index in [0.29, 0.717) is 11.7 Å². The first-order chi connectivity index (χ1) is 9.22. The van der Waals surface area contributed by atoms with E-state index in [1.54, 1.807) is 0 Å². The van der Waals surface area contributed by atoms with Gasteiger partial charge in [0.1, 0.15) is 5.02 Å². The molecule has 3 N–H and O–H groups in total. The SMILES string of the molecule is O=c1c(Cl)c(NCC2CCCCN2)cnn1CCO. The molecule has 1 fully saturated rings. The highest BCUT2D eigenvalue weighted by Crippen LogP contribution is 2.16. The first-order valence-electron chi connectivity index (χ1n) is 6.56. The molecule has 1 aliphatic heterocycles. The van der Waals surface area contributed by atoms with Crippen LogP contribution in [0.15, 0.2) is 11.0 Å². The van der Waals surface area contributed by atoms with Crippen molar-refractivity contribution in [1.29, 1.82) is 0 Å². The monoisotopic (exact) mass is 286 g/mol. The summed E-state index contributed by atoms with van der Waals surface area (Å²) in [4.78, 5) is 11.8. The van der Waals surface area contributed by atoms with Gasteiger partial charge in [0.15, 0.2) is 0 Å². The van der Waals surface area contributed by atoms with Crippen LogP contribution in [0.5, 0.6) is 0 Å². The molecule has 0 aliphatic carbocycles. The summed E-state index contributed by atoms with van der Waals surface area (Å²) in [6.07, 6.45) is 5.10. The van der Waals surface area contributed by atoms with Gasteiger partial charge in [-0.15, -0.1) is 0 Å². The molecule has 106 valence electrons. The van der Waals surface area contributed by atoms with Gasteiger partial charge in [0.2, 0.25) is 0 Å². The van der Waals surface area contributed by atoms with E-state index in [2.05, 4.69) is 15.7 Å². The fourth-order valence-electron chi connectivity index (χ4n) is 2.17. The van der Waals surface area contributed by atoms with Crippen LogP contribution in [-0.2, 0) is 6.54 Å². The zero-order valence-corrected chi connectivity index (χ0v) is 11.5. The van der Waals surface area contributed by atoms with E-state index in [9.17, 15) is 4.79 Å². The second-order valence-electron chi connectivity index (χ2n) is 4.65. The number of anilines is 1. The van der Waals surface area contributed by atoms with Gasteiger partial charge in [-0.2, -0.15) is 5.10 Å². The van der Waals surface area contributed by atoms with Crippen LogP contribution >= 0.6 is 11.6 Å². The van der Waals surface area contributed by atoms with Crippen molar-refractivity contribution < 1.29 is 5.11 Å². The fourth-order valence-corrected chi connectivity index (χ4v) is 2.39. The molecule has 2 heterocycles. The molecule has 1 saturated heterocycles. The third kappa shape index (κ3) is 3.68. The highest BCUT2D eigenvalue weighted by Gasteiger charge is 2.14. The molecule has 0 bridgehead atoms. The van der Waals surface area contributed by atoms with Crippen molar-refractivity contribution in [3.05, 3.63) is 21.6 Å². The molecule has 0 amide bonds. The lowest BCUT2D eigenvalue weighted by molar-refractivity contribution is 0.266. The number of nitrogens with zero attached hydrogens (tertiary/aromatic N) is 2. The Balaban J connectivity index is 2.00. The van der Waals surface area contributed by atoms with Crippen LogP contribution in [0, 0.1) is 0 Å². The van der Waals surface area contributed by atoms with Crippen molar-refractivity contribution in [3.8, 4) is 0 Å². The fraction of sp³-hybridized carbons (Fsp3) is 0.667. The van der Waals surface area contributed by atoms with Crippen LogP contribution in [0.4, 0.5) is 5.69 Å². The largest absolute Gasteiger partial charge is 0.394 e. The minimum absolute atomic E-state index is 0.124. The summed E-state index contributed by atoms with van der Waals surface area (Å²) >= 11 is 6.01. The first kappa shape index (κ1) is 14.3. The summed E-state index contributed by atoms with van der Waals surface area (Å²) in [5.41, 5.74) is 0.172. The average Bonchev–Trinajstić information content (AvgIpc) is 2.44. The summed E-state index contributed by atoms with van der Waals surface area (Å²) in [5, 5.41) is 19.5. The number of piperidine rings is 1. The summed E-state index contributed by atoms with van der Waals surface area (Å²) in [6.45, 7) is 1.78. The van der Waals surface area contributed by atoms with Crippen molar-refractivity contribution in [2.75, 3.05) is 25.0 Å². The minimum atomic E-state index is -0.377. The number of aliphatic hydroxyl groups excluding tert-OH is 1. The molecule has 19 heavy (non-hydrogen) atoms. The number of nitrogens with one attached hydrogen (secondary N) is 2. The number of aromatic nitrogens is 2. The molecule has 1 aromatic rings. The van der Waals surface area contributed by atoms with Crippen molar-refractivity contribution in [1.82, 2.24) is 15.1 Å². The van der Waals surface area contributed by atoms with Gasteiger partial charge < -0.3 is 15.7 Å². The Morgan fingerprint density at radius 3 is 3.11 bits per heavy atom. The minimum Gasteiger partial charge on any atom is -0.394 e. The van der Waals surface area contributed by atoms with Gasteiger partial charge >= 0.3 is 0 Å². The maximum atomic E-state index is 11.8. The maximum Gasteiger partial charge on any atom is 0.287 e. The van der Waals surface area contributed by atoms with Gasteiger partial charge in [-0.3, -0.25) is 4.79 Å². The van der Waals surface area contributed by atoms with Crippen LogP contribution < -0.4 is 16.2 Å². The Kier molecular flexibility index (Phi) is 5.18. The average molecular weight is 287 g/mol. The molecule has 7 heteroatoms. The van der Waals surface area contributed by atoms with Gasteiger partial charge in [-0.1, -0.05) is 18.0 Å². The van der Waals surface area contributed by atoms with E-state index >= 15 is 0 Å². The van der Waals surface area contributed by atoms with Crippen LogP contribution in [0.2, 0.25) is 5.02 Å². The lowest BCUT2D eigenvalue weighted by atomic mass is 10.1. The summed E-state index contributed by atoms with van der Waals surface area (Å²) < 4.78 is 1.16. The van der Waals surface area contributed by atoms with Crippen molar-refractivity contribution in [2.24, 2.45) is 0 Å². The molecule has 1 atom stereocenters. The molecule has 0 radical (unpaired) electrons. The number of rotatable bonds is 5. The van der Waals surface area contributed by atoms with Gasteiger partial charge in [-0.25, -0.2) is 4.68 Å². The predicted molar refractivity (Wildman–Crippen MR) is 74.7 cm³/mol. The van der Waals surface area contributed by atoms with E-state index in [1.807, 2.05) is 0 Å². The quantitative estimate of drug-likeness (QED) is 0.732. The summed E-state index contributed by atoms with van der Waals surface area (Å²) in [5.74, 6) is 0. The van der Waals surface area contributed by atoms with Gasteiger partial charge in [-0.05, 0) is 19.4 Å². The lowest BCUT2D eigenvalue weighted by Crippen LogP contribution is -2.39. The number of hydrogen-bond acceptors (Lipinski definition) is 5. The highest BCUT2D eigenvalue weighted by atomic mass is 35.5. The van der Waals surface area contributed by atoms with E-state index in [1.165, 1.54) is 19.0 Å². The molecule has 0 spiro atoms. The molecule has 2 rings (SSSR count). The standard InChI is InChI=1S/C12H19ClN4O2/c13-11-10(8-16-17(5-6-18)12(11)19)15-7-9-3-1-2-4-14-9/h8-9,14-15,18H,1-7H2. The van der Waals surface area contributed by atoms with Crippen molar-refractivity contribution in [2.45, 2.75) is 31.8 Å². The second kappa shape index (κ2) is 6.88. The molecule has 6 nitrogen and oxygen atoms in total. The molecular weight excluding hydrogens is 268 g/mol. The highest BCUT2D eigenvalue weighted by molar-refractivity contribution is 6.32. The van der Waals surface area contributed by atoms with Gasteiger partial charge in [0.25, 0.3) is 5.56 Å². The molecule has 0 saturated carbocycles. The third-order valence-corrected chi connectivity index (χ3v) is 3.61. The van der Waals surface area contributed by atoms with E-state index < -0.39 is 0 Å². The molecule has 0 aromatic carbocycles. The number of aliphatic hydroxyl groups is 1. The van der Waals surface area contributed by atoms with Crippen LogP contribution in [0.25, 0.3) is 0 Å². The molecule has 1 aromatic heterocycles. The Labute approximate surface area is 116 Å². The van der Waals surface area contributed by atoms with Crippen molar-refractivity contribution >= 4 is 17.3 Å². The number of halogens is 1. The Morgan fingerprint density at radius 1 is 1.58 bits per heavy atom. The molecule has 1 unspecified atom stereocenters. The summed E-state index contributed by atoms with van der Waals surface area (Å²) in [7, 11) is 0. The third-order valence-electron chi connectivity index (χ3n) is 3.25. The summed E-state index contributed by atoms with van der Waals surface area (Å²) in [6, 6.07) is 0.407. The van der Waals surface area contributed by atoms with Crippen LogP contribution in [-0.4, -0.2) is 40.6 Å². The Hall–Kier alpha value is -1.11. The van der Waals surface area contributed by atoms with Gasteiger partial charge in [0, 0.05) is 12.6 Å². The Morgan fingerprint density at radius 2 is 2.42 bits per heavy atom. The topological polar surface area (TPSA) is 79.2 Å². The smallest absolute Gasteiger partial charge is 0.287 e. The predicted octanol–water partition coefficient (Wildman–Crippen LogP) is 0.443. The van der Waals surface area contributed by atoms with E-state index in [-0.39, 0.29) is 23.7 Å². The van der Waals surface area contributed by atoms with Gasteiger partial charge in [0.05, 0.1) is 25.0 Å². The Bertz CT molecular complexity index is 471. The maximum absolute atomic E-state index is 11.8. The normalized spacial score (nSPS) is 19.4. The zero-order valence-electron chi connectivity index (χ0n) is 10.7. The molecular formula is C12H19ClN4O2. The lowest BCUT2D eigenvalue weighted by Gasteiger charge is -2.24. The van der Waals surface area contributed by atoms with Crippen LogP contribution in [0.1, 0.15) is 19.3 Å². The number of hydrogen-bond donors (Lipinski definition) is 3. The first-order valence-corrected chi connectivity index (χ1v) is 6.94. The van der Waals surface area contributed by atoms with E-state index in [0.717, 1.165) is 24.2 Å². The van der Waals surface area contributed by atoms with Crippen LogP contribution in [0.3, 0.4) is 0 Å². The van der Waals surface area contributed by atoms with E-state index in [4.69, 9.17) is 16.7 Å².